The molecule has 6 fully saturated rings. The zero-order valence-corrected chi connectivity index (χ0v) is 30.4. The van der Waals surface area contributed by atoms with Crippen LogP contribution in [0.1, 0.15) is 213 Å². The van der Waals surface area contributed by atoms with Crippen molar-refractivity contribution in [3.63, 3.8) is 0 Å². The van der Waals surface area contributed by atoms with Crippen LogP contribution in [0.2, 0.25) is 0 Å². The molecule has 6 rings (SSSR count). The third-order valence-corrected chi connectivity index (χ3v) is 16.8. The molecule has 6 saturated carbocycles. The second-order valence-electron chi connectivity index (χ2n) is 19.1. The number of hydrogen-bond donors (Lipinski definition) is 0. The zero-order valence-electron chi connectivity index (χ0n) is 30.4. The molecule has 0 aromatic rings. The van der Waals surface area contributed by atoms with Gasteiger partial charge in [-0.1, -0.05) is 168 Å². The van der Waals surface area contributed by atoms with Crippen LogP contribution in [0.5, 0.6) is 0 Å². The van der Waals surface area contributed by atoms with Crippen LogP contribution in [0.4, 0.5) is 0 Å². The molecule has 254 valence electrons. The van der Waals surface area contributed by atoms with Crippen LogP contribution >= 0.6 is 0 Å². The SMILES string of the molecule is CC(CC(CC(CC(C1CCCCC1)C1CCCC2(C)CCCCC12C)C1CCCCC1)C1CCCCC1)C1CCCCC1. The summed E-state index contributed by atoms with van der Waals surface area (Å²) in [5.74, 6) is 9.31. The van der Waals surface area contributed by atoms with E-state index in [9.17, 15) is 0 Å². The molecule has 7 unspecified atom stereocenters. The summed E-state index contributed by atoms with van der Waals surface area (Å²) in [5.41, 5.74) is 1.24. The van der Waals surface area contributed by atoms with Gasteiger partial charge in [-0.25, -0.2) is 0 Å². The lowest BCUT2D eigenvalue weighted by atomic mass is 9.44. The molecular weight excluding hydrogens is 528 g/mol. The Morgan fingerprint density at radius 1 is 0.432 bits per heavy atom. The summed E-state index contributed by atoms with van der Waals surface area (Å²) >= 11 is 0. The van der Waals surface area contributed by atoms with Gasteiger partial charge in [0.15, 0.2) is 0 Å². The maximum Gasteiger partial charge on any atom is -0.0241 e. The van der Waals surface area contributed by atoms with Crippen molar-refractivity contribution in [2.24, 2.45) is 64.1 Å². The molecule has 0 aliphatic heterocycles. The molecule has 0 aromatic heterocycles. The van der Waals surface area contributed by atoms with Crippen LogP contribution in [0.25, 0.3) is 0 Å². The Morgan fingerprint density at radius 3 is 1.45 bits per heavy atom. The smallest absolute Gasteiger partial charge is 0.0241 e. The second kappa shape index (κ2) is 15.9. The van der Waals surface area contributed by atoms with E-state index in [0.717, 1.165) is 53.3 Å². The van der Waals surface area contributed by atoms with Gasteiger partial charge in [0.1, 0.15) is 0 Å². The predicted octanol–water partition coefficient (Wildman–Crippen LogP) is 14.3. The normalized spacial score (nSPS) is 36.8. The van der Waals surface area contributed by atoms with Crippen molar-refractivity contribution in [3.8, 4) is 0 Å². The van der Waals surface area contributed by atoms with Crippen LogP contribution < -0.4 is 0 Å². The average molecular weight is 607 g/mol. The van der Waals surface area contributed by atoms with Gasteiger partial charge in [-0.15, -0.1) is 0 Å². The van der Waals surface area contributed by atoms with Crippen LogP contribution in [-0.4, -0.2) is 0 Å². The number of hydrogen-bond acceptors (Lipinski definition) is 0. The lowest BCUT2D eigenvalue weighted by Gasteiger charge is -2.61. The molecule has 0 spiro atoms. The summed E-state index contributed by atoms with van der Waals surface area (Å²) in [4.78, 5) is 0. The third-order valence-electron chi connectivity index (χ3n) is 16.8. The van der Waals surface area contributed by atoms with Gasteiger partial charge in [0.2, 0.25) is 0 Å². The highest BCUT2D eigenvalue weighted by Gasteiger charge is 2.55. The summed E-state index contributed by atoms with van der Waals surface area (Å²) < 4.78 is 0. The minimum absolute atomic E-state index is 0.612. The van der Waals surface area contributed by atoms with Crippen molar-refractivity contribution in [1.82, 2.24) is 0 Å². The summed E-state index contributed by atoms with van der Waals surface area (Å²) in [7, 11) is 0. The van der Waals surface area contributed by atoms with Crippen LogP contribution in [-0.2, 0) is 0 Å². The molecule has 0 aromatic carbocycles. The lowest BCUT2D eigenvalue weighted by Crippen LogP contribution is -2.52. The van der Waals surface area contributed by atoms with Gasteiger partial charge in [0.25, 0.3) is 0 Å². The monoisotopic (exact) mass is 607 g/mol. The van der Waals surface area contributed by atoms with E-state index in [-0.39, 0.29) is 0 Å². The summed E-state index contributed by atoms with van der Waals surface area (Å²) in [6, 6.07) is 0. The Morgan fingerprint density at radius 2 is 0.886 bits per heavy atom. The van der Waals surface area contributed by atoms with Gasteiger partial charge in [-0.05, 0) is 109 Å². The van der Waals surface area contributed by atoms with Gasteiger partial charge < -0.3 is 0 Å². The predicted molar refractivity (Wildman–Crippen MR) is 192 cm³/mol. The summed E-state index contributed by atoms with van der Waals surface area (Å²) in [5, 5.41) is 0. The first-order chi connectivity index (χ1) is 21.5. The minimum Gasteiger partial charge on any atom is -0.0622 e. The molecule has 7 atom stereocenters. The molecule has 0 nitrogen and oxygen atoms in total. The average Bonchev–Trinajstić information content (AvgIpc) is 3.07. The fourth-order valence-corrected chi connectivity index (χ4v) is 13.9. The van der Waals surface area contributed by atoms with Crippen molar-refractivity contribution >= 4 is 0 Å². The first-order valence-corrected chi connectivity index (χ1v) is 21.5. The highest BCUT2D eigenvalue weighted by molar-refractivity contribution is 5.05. The second-order valence-corrected chi connectivity index (χ2v) is 19.1. The fraction of sp³-hybridized carbons (Fsp3) is 1.00. The summed E-state index contributed by atoms with van der Waals surface area (Å²) in [6.07, 6.45) is 46.6. The van der Waals surface area contributed by atoms with Crippen LogP contribution in [0.3, 0.4) is 0 Å². The van der Waals surface area contributed by atoms with Gasteiger partial charge in [-0.3, -0.25) is 0 Å². The van der Waals surface area contributed by atoms with E-state index in [4.69, 9.17) is 0 Å². The molecule has 6 aliphatic carbocycles. The molecule has 44 heavy (non-hydrogen) atoms. The Bertz CT molecular complexity index is 815. The molecule has 0 bridgehead atoms. The van der Waals surface area contributed by atoms with E-state index in [2.05, 4.69) is 20.8 Å². The van der Waals surface area contributed by atoms with E-state index < -0.39 is 0 Å². The van der Waals surface area contributed by atoms with E-state index >= 15 is 0 Å². The maximum atomic E-state index is 2.86. The zero-order chi connectivity index (χ0) is 30.4. The first-order valence-electron chi connectivity index (χ1n) is 21.5. The fourth-order valence-electron chi connectivity index (χ4n) is 13.9. The number of fused-ring (bicyclic) bond motifs is 1. The Labute approximate surface area is 276 Å². The van der Waals surface area contributed by atoms with Crippen molar-refractivity contribution in [2.75, 3.05) is 0 Å². The molecule has 0 radical (unpaired) electrons. The van der Waals surface area contributed by atoms with Gasteiger partial charge in [0.05, 0.1) is 0 Å². The number of rotatable bonds is 11. The van der Waals surface area contributed by atoms with Crippen molar-refractivity contribution in [1.29, 1.82) is 0 Å². The first kappa shape index (κ1) is 33.9. The van der Waals surface area contributed by atoms with Crippen molar-refractivity contribution in [3.05, 3.63) is 0 Å². The quantitative estimate of drug-likeness (QED) is 0.219. The molecule has 0 amide bonds. The minimum atomic E-state index is 0.612. The summed E-state index contributed by atoms with van der Waals surface area (Å²) in [6.45, 7) is 8.36. The molecular formula is C44H78. The third kappa shape index (κ3) is 7.82. The van der Waals surface area contributed by atoms with Crippen LogP contribution in [0.15, 0.2) is 0 Å². The molecule has 6 aliphatic rings. The topological polar surface area (TPSA) is 0 Å². The van der Waals surface area contributed by atoms with E-state index in [1.54, 1.807) is 109 Å². The lowest BCUT2D eigenvalue weighted by molar-refractivity contribution is -0.112. The van der Waals surface area contributed by atoms with Crippen molar-refractivity contribution < 1.29 is 0 Å². The van der Waals surface area contributed by atoms with E-state index in [1.165, 1.54) is 83.5 Å². The molecule has 0 saturated heterocycles. The molecule has 0 heterocycles. The Hall–Kier alpha value is 0. The Kier molecular flexibility index (Phi) is 12.3. The largest absolute Gasteiger partial charge is 0.0622 e. The molecule has 0 heteroatoms. The van der Waals surface area contributed by atoms with Gasteiger partial charge in [0, 0.05) is 0 Å². The van der Waals surface area contributed by atoms with Gasteiger partial charge >= 0.3 is 0 Å². The maximum absolute atomic E-state index is 2.86. The van der Waals surface area contributed by atoms with Crippen molar-refractivity contribution in [2.45, 2.75) is 213 Å². The van der Waals surface area contributed by atoms with E-state index in [0.29, 0.717) is 10.8 Å². The highest BCUT2D eigenvalue weighted by Crippen LogP contribution is 2.65. The van der Waals surface area contributed by atoms with Crippen LogP contribution in [0, 0.1) is 64.1 Å². The molecule has 0 N–H and O–H groups in total. The Balaban J connectivity index is 1.27. The van der Waals surface area contributed by atoms with E-state index in [1.807, 2.05) is 0 Å². The van der Waals surface area contributed by atoms with Gasteiger partial charge in [-0.2, -0.15) is 0 Å². The highest BCUT2D eigenvalue weighted by atomic mass is 14.6. The standard InChI is InChI=1S/C44H78/c1-34(35-19-8-4-9-20-35)31-39(36-21-10-5-11-22-36)32-40(37-23-12-6-13-24-37)33-41(38-25-14-7-15-26-38)42-27-18-29-43(2)28-16-17-30-44(42,43)3/h34-42H,4-33H2,1-3H3.